The molecule has 3 aromatic rings. The number of para-hydroxylation sites is 1. The van der Waals surface area contributed by atoms with Crippen LogP contribution < -0.4 is 32.3 Å². The van der Waals surface area contributed by atoms with Gasteiger partial charge in [-0.05, 0) is 70.3 Å². The van der Waals surface area contributed by atoms with Gasteiger partial charge in [0.25, 0.3) is 0 Å². The van der Waals surface area contributed by atoms with Crippen molar-refractivity contribution in [3.8, 4) is 0 Å². The van der Waals surface area contributed by atoms with Gasteiger partial charge in [0.1, 0.15) is 11.5 Å². The monoisotopic (exact) mass is 629 g/mol. The van der Waals surface area contributed by atoms with Crippen molar-refractivity contribution in [1.29, 1.82) is 0 Å². The van der Waals surface area contributed by atoms with Gasteiger partial charge in [0, 0.05) is 24.5 Å². The molecule has 1 aliphatic rings. The van der Waals surface area contributed by atoms with Crippen molar-refractivity contribution in [3.63, 3.8) is 0 Å². The lowest BCUT2D eigenvalue weighted by Crippen LogP contribution is -2.40. The van der Waals surface area contributed by atoms with E-state index in [0.29, 0.717) is 37.7 Å². The van der Waals surface area contributed by atoms with Crippen LogP contribution in [0.1, 0.15) is 63.5 Å². The number of fused-ring (bicyclic) bond motifs is 1. The summed E-state index contributed by atoms with van der Waals surface area (Å²) in [6.07, 6.45) is 11.8. The molecular weight excluding hydrogens is 581 g/mol. The summed E-state index contributed by atoms with van der Waals surface area (Å²) >= 11 is 0. The fraction of sp³-hybridized carbons (Fsp3) is 0.621. The molecule has 1 unspecified atom stereocenters. The maximum atomic E-state index is 12.0. The smallest absolute Gasteiger partial charge is 0.237 e. The van der Waals surface area contributed by atoms with Crippen molar-refractivity contribution < 1.29 is 14.6 Å². The Labute approximate surface area is 260 Å². The van der Waals surface area contributed by atoms with Crippen molar-refractivity contribution in [2.45, 2.75) is 83.0 Å². The van der Waals surface area contributed by atoms with Gasteiger partial charge in [0.2, 0.25) is 11.9 Å². The Morgan fingerprint density at radius 2 is 1.84 bits per heavy atom. The van der Waals surface area contributed by atoms with E-state index in [-0.39, 0.29) is 6.29 Å². The Balaban J connectivity index is 1.16. The first-order chi connectivity index (χ1) is 21.5. The van der Waals surface area contributed by atoms with E-state index in [9.17, 15) is 4.79 Å². The number of hydrogen-bond donors (Lipinski definition) is 8. The number of nitrogens with one attached hydrogen (secondary N) is 5. The summed E-state index contributed by atoms with van der Waals surface area (Å²) in [6.45, 7) is 4.86. The molecule has 0 aliphatic heterocycles. The Bertz CT molecular complexity index is 1270. The summed E-state index contributed by atoms with van der Waals surface area (Å²) in [5, 5.41) is 25.7. The van der Waals surface area contributed by atoms with Gasteiger partial charge in [-0.15, -0.1) is 5.10 Å². The van der Waals surface area contributed by atoms with Gasteiger partial charge < -0.3 is 42.1 Å². The van der Waals surface area contributed by atoms with Crippen molar-refractivity contribution in [1.82, 2.24) is 40.9 Å². The zero-order valence-corrected chi connectivity index (χ0v) is 26.3. The molecule has 1 fully saturated rings. The first-order valence-electron chi connectivity index (χ1n) is 15.7. The van der Waals surface area contributed by atoms with E-state index in [0.717, 1.165) is 61.7 Å². The molecule has 0 saturated heterocycles. The molecule has 44 heavy (non-hydrogen) atoms. The third-order valence-corrected chi connectivity index (χ3v) is 8.08. The van der Waals surface area contributed by atoms with Gasteiger partial charge in [0.05, 0.1) is 30.6 Å². The molecule has 1 amide bonds. The van der Waals surface area contributed by atoms with Gasteiger partial charge in [0.15, 0.2) is 8.38 Å². The van der Waals surface area contributed by atoms with Crippen LogP contribution in [0.2, 0.25) is 0 Å². The highest BCUT2D eigenvalue weighted by Gasteiger charge is 2.15. The fourth-order valence-electron chi connectivity index (χ4n) is 5.25. The molecule has 14 nitrogen and oxygen atoms in total. The largest absolute Gasteiger partial charge is 0.369 e. The van der Waals surface area contributed by atoms with E-state index in [2.05, 4.69) is 46.9 Å². The molecule has 9 N–H and O–H groups in total. The molecular formula is C29H48N11O3P. The lowest BCUT2D eigenvalue weighted by atomic mass is 9.95. The molecule has 0 bridgehead atoms. The topological polar surface area (TPSA) is 200 Å². The molecule has 242 valence electrons. The Hall–Kier alpha value is -3.00. The van der Waals surface area contributed by atoms with E-state index in [1.807, 2.05) is 35.1 Å². The number of rotatable bonds is 20. The molecule has 0 radical (unpaired) electrons. The zero-order valence-electron chi connectivity index (χ0n) is 25.4. The first-order valence-corrected chi connectivity index (χ1v) is 17.2. The van der Waals surface area contributed by atoms with Crippen LogP contribution in [0, 0.1) is 0 Å². The molecule has 1 saturated carbocycles. The molecule has 1 aromatic carbocycles. The van der Waals surface area contributed by atoms with Crippen LogP contribution in [0.15, 0.2) is 30.5 Å². The third-order valence-electron chi connectivity index (χ3n) is 7.64. The minimum atomic E-state index is -2.18. The number of carbonyl (C=O) groups is 1. The Morgan fingerprint density at radius 3 is 2.68 bits per heavy atom. The summed E-state index contributed by atoms with van der Waals surface area (Å²) in [7, 11) is -2.18. The standard InChI is InChI=1S/C29H48N11O3P/c30-25(28(41)35-21-44(42)43)12-6-16-33-27-24-11-4-5-13-26(24)36-29(37-27)34-19-23-20-40(39-38-23)18-8-15-31-14-7-17-32-22-9-2-1-3-10-22/h4-5,11,13,20,22,25,31-32,42-43H,1-3,6-10,12,14-19,21,30H2,(H,35,41)(H2,33,34,36,37). The van der Waals surface area contributed by atoms with Crippen LogP contribution in [0.4, 0.5) is 11.8 Å². The van der Waals surface area contributed by atoms with Gasteiger partial charge in [-0.1, -0.05) is 36.6 Å². The summed E-state index contributed by atoms with van der Waals surface area (Å²) in [5.41, 5.74) is 7.53. The average molecular weight is 630 g/mol. The van der Waals surface area contributed by atoms with Gasteiger partial charge >= 0.3 is 0 Å². The first kappa shape index (κ1) is 33.9. The van der Waals surface area contributed by atoms with Crippen molar-refractivity contribution >= 4 is 37.0 Å². The lowest BCUT2D eigenvalue weighted by Gasteiger charge is -2.22. The van der Waals surface area contributed by atoms with Crippen molar-refractivity contribution in [2.75, 3.05) is 43.1 Å². The second-order valence-corrected chi connectivity index (χ2v) is 12.3. The predicted octanol–water partition coefficient (Wildman–Crippen LogP) is 2.02. The summed E-state index contributed by atoms with van der Waals surface area (Å²) < 4.78 is 1.87. The maximum absolute atomic E-state index is 12.0. The minimum absolute atomic E-state index is 0.185. The van der Waals surface area contributed by atoms with E-state index in [1.54, 1.807) is 0 Å². The lowest BCUT2D eigenvalue weighted by molar-refractivity contribution is -0.122. The second-order valence-electron chi connectivity index (χ2n) is 11.2. The minimum Gasteiger partial charge on any atom is -0.369 e. The number of anilines is 2. The van der Waals surface area contributed by atoms with Crippen LogP contribution >= 0.6 is 8.38 Å². The predicted molar refractivity (Wildman–Crippen MR) is 174 cm³/mol. The number of nitrogens with two attached hydrogens (primary N) is 1. The molecule has 2 heterocycles. The number of aryl methyl sites for hydroxylation is 1. The Kier molecular flexibility index (Phi) is 14.4. The van der Waals surface area contributed by atoms with Crippen LogP contribution in [0.3, 0.4) is 0 Å². The third kappa shape index (κ3) is 11.8. The van der Waals surface area contributed by atoms with Crippen molar-refractivity contribution in [2.24, 2.45) is 5.73 Å². The number of aromatic nitrogens is 5. The number of nitrogens with zero attached hydrogens (tertiary/aromatic N) is 5. The number of hydrogen-bond acceptors (Lipinski definition) is 12. The normalized spacial score (nSPS) is 14.6. The SMILES string of the molecule is NC(CCCNc1nc(NCc2cn(CCCNCCCNC3CCCCC3)nn2)nc2ccccc12)C(=O)NCP(O)O. The van der Waals surface area contributed by atoms with Crippen LogP contribution in [0.25, 0.3) is 10.9 Å². The van der Waals surface area contributed by atoms with Gasteiger partial charge in [-0.3, -0.25) is 9.48 Å². The highest BCUT2D eigenvalue weighted by molar-refractivity contribution is 7.45. The number of amides is 1. The number of benzene rings is 1. The van der Waals surface area contributed by atoms with Gasteiger partial charge in [-0.2, -0.15) is 4.98 Å². The van der Waals surface area contributed by atoms with Crippen molar-refractivity contribution in [3.05, 3.63) is 36.2 Å². The van der Waals surface area contributed by atoms with Crippen LogP contribution in [0.5, 0.6) is 0 Å². The Morgan fingerprint density at radius 1 is 1.02 bits per heavy atom. The average Bonchev–Trinajstić information content (AvgIpc) is 3.50. The second kappa shape index (κ2) is 18.7. The number of carbonyl (C=O) groups excluding carboxylic acids is 1. The van der Waals surface area contributed by atoms with E-state index in [1.165, 1.54) is 32.1 Å². The zero-order chi connectivity index (χ0) is 31.0. The summed E-state index contributed by atoms with van der Waals surface area (Å²) in [4.78, 5) is 39.2. The molecule has 15 heteroatoms. The molecule has 1 aliphatic carbocycles. The maximum Gasteiger partial charge on any atom is 0.237 e. The molecule has 0 spiro atoms. The highest BCUT2D eigenvalue weighted by atomic mass is 31.2. The van der Waals surface area contributed by atoms with Crippen LogP contribution in [-0.2, 0) is 17.9 Å². The fourth-order valence-corrected chi connectivity index (χ4v) is 5.54. The van der Waals surface area contributed by atoms with E-state index < -0.39 is 20.3 Å². The van der Waals surface area contributed by atoms with E-state index >= 15 is 0 Å². The summed E-state index contributed by atoms with van der Waals surface area (Å²) in [6, 6.07) is 7.75. The highest BCUT2D eigenvalue weighted by Crippen LogP contribution is 2.22. The molecule has 1 atom stereocenters. The summed E-state index contributed by atoms with van der Waals surface area (Å²) in [5.74, 6) is 0.757. The van der Waals surface area contributed by atoms with Crippen LogP contribution in [-0.4, -0.2) is 85.2 Å². The quantitative estimate of drug-likeness (QED) is 0.0669. The van der Waals surface area contributed by atoms with E-state index in [4.69, 9.17) is 15.5 Å². The van der Waals surface area contributed by atoms with Gasteiger partial charge in [-0.25, -0.2) is 4.98 Å². The molecule has 2 aromatic heterocycles. The molecule has 4 rings (SSSR count).